The second-order valence-electron chi connectivity index (χ2n) is 5.27. The van der Waals surface area contributed by atoms with Crippen LogP contribution in [-0.4, -0.2) is 36.3 Å². The first-order valence-corrected chi connectivity index (χ1v) is 7.63. The van der Waals surface area contributed by atoms with E-state index in [4.69, 9.17) is 4.74 Å². The summed E-state index contributed by atoms with van der Waals surface area (Å²) in [5, 5.41) is 9.25. The minimum absolute atomic E-state index is 0.361. The van der Waals surface area contributed by atoms with Crippen LogP contribution in [0.25, 0.3) is 0 Å². The Morgan fingerprint density at radius 1 is 1.23 bits per heavy atom. The van der Waals surface area contributed by atoms with E-state index in [0.717, 1.165) is 19.3 Å². The molecular formula is C17H20N2O3. The summed E-state index contributed by atoms with van der Waals surface area (Å²) in [7, 11) is 0. The van der Waals surface area contributed by atoms with Crippen LogP contribution in [0.2, 0.25) is 0 Å². The van der Waals surface area contributed by atoms with Crippen LogP contribution in [0, 0.1) is 17.2 Å². The van der Waals surface area contributed by atoms with Gasteiger partial charge in [-0.1, -0.05) is 0 Å². The molecule has 5 nitrogen and oxygen atoms in total. The second-order valence-corrected chi connectivity index (χ2v) is 5.27. The summed E-state index contributed by atoms with van der Waals surface area (Å²) in [5.74, 6) is -1.41. The van der Waals surface area contributed by atoms with E-state index < -0.39 is 11.7 Å². The number of likely N-dealkylation sites (tertiary alicyclic amines) is 1. The van der Waals surface area contributed by atoms with Crippen molar-refractivity contribution in [3.63, 3.8) is 0 Å². The molecule has 1 amide bonds. The smallest absolute Gasteiger partial charge is 0.247 e. The van der Waals surface area contributed by atoms with Gasteiger partial charge in [0.1, 0.15) is 5.75 Å². The molecule has 0 aliphatic carbocycles. The lowest BCUT2D eigenvalue weighted by molar-refractivity contribution is -0.133. The standard InChI is InChI=1S/C17H20N2O3/c1-2-22-14-8-6-13(7-9-14)16(20)15(12-18)17(21)19-10-4-3-5-11-19/h6-9,15H,2-5,10-11H2,1H3. The Morgan fingerprint density at radius 2 is 1.86 bits per heavy atom. The maximum absolute atomic E-state index is 12.4. The topological polar surface area (TPSA) is 70.4 Å². The summed E-state index contributed by atoms with van der Waals surface area (Å²) in [4.78, 5) is 26.4. The van der Waals surface area contributed by atoms with Crippen LogP contribution in [0.15, 0.2) is 24.3 Å². The number of carbonyl (C=O) groups excluding carboxylic acids is 2. The van der Waals surface area contributed by atoms with Crippen molar-refractivity contribution in [1.82, 2.24) is 4.90 Å². The van der Waals surface area contributed by atoms with E-state index in [1.807, 2.05) is 13.0 Å². The monoisotopic (exact) mass is 300 g/mol. The molecule has 1 saturated heterocycles. The summed E-state index contributed by atoms with van der Waals surface area (Å²) < 4.78 is 5.32. The SMILES string of the molecule is CCOc1ccc(C(=O)C(C#N)C(=O)N2CCCCC2)cc1. The normalized spacial score (nSPS) is 15.7. The molecule has 1 aromatic carbocycles. The first kappa shape index (κ1) is 16.0. The summed E-state index contributed by atoms with van der Waals surface area (Å²) >= 11 is 0. The van der Waals surface area contributed by atoms with Gasteiger partial charge in [-0.25, -0.2) is 0 Å². The second kappa shape index (κ2) is 7.60. The number of nitriles is 1. The predicted molar refractivity (Wildman–Crippen MR) is 81.5 cm³/mol. The van der Waals surface area contributed by atoms with Crippen LogP contribution in [0.5, 0.6) is 5.75 Å². The van der Waals surface area contributed by atoms with E-state index in [0.29, 0.717) is 31.0 Å². The highest BCUT2D eigenvalue weighted by Crippen LogP contribution is 2.18. The summed E-state index contributed by atoms with van der Waals surface area (Å²) in [6, 6.07) is 8.42. The molecule has 0 aromatic heterocycles. The van der Waals surface area contributed by atoms with E-state index in [9.17, 15) is 14.9 Å². The van der Waals surface area contributed by atoms with Crippen molar-refractivity contribution in [2.75, 3.05) is 19.7 Å². The Hall–Kier alpha value is -2.35. The van der Waals surface area contributed by atoms with Gasteiger partial charge in [-0.3, -0.25) is 9.59 Å². The number of ether oxygens (including phenoxy) is 1. The molecule has 116 valence electrons. The van der Waals surface area contributed by atoms with Gasteiger partial charge >= 0.3 is 0 Å². The zero-order valence-electron chi connectivity index (χ0n) is 12.7. The van der Waals surface area contributed by atoms with Gasteiger partial charge in [0.05, 0.1) is 12.7 Å². The molecule has 1 fully saturated rings. The average molecular weight is 300 g/mol. The number of piperidine rings is 1. The molecule has 1 atom stereocenters. The third kappa shape index (κ3) is 3.64. The maximum Gasteiger partial charge on any atom is 0.247 e. The quantitative estimate of drug-likeness (QED) is 0.618. The number of Topliss-reactive ketones (excluding diaryl/α,β-unsaturated/α-hetero) is 1. The maximum atomic E-state index is 12.4. The van der Waals surface area contributed by atoms with Crippen LogP contribution in [0.1, 0.15) is 36.5 Å². The molecule has 0 radical (unpaired) electrons. The molecule has 1 unspecified atom stereocenters. The third-order valence-corrected chi connectivity index (χ3v) is 3.76. The number of nitrogens with zero attached hydrogens (tertiary/aromatic N) is 2. The molecule has 1 heterocycles. The molecule has 22 heavy (non-hydrogen) atoms. The van der Waals surface area contributed by atoms with Crippen molar-refractivity contribution in [1.29, 1.82) is 5.26 Å². The largest absolute Gasteiger partial charge is 0.494 e. The van der Waals surface area contributed by atoms with Crippen LogP contribution in [0.3, 0.4) is 0 Å². The highest BCUT2D eigenvalue weighted by molar-refractivity contribution is 6.12. The lowest BCUT2D eigenvalue weighted by Crippen LogP contribution is -2.41. The average Bonchev–Trinajstić information content (AvgIpc) is 2.57. The van der Waals surface area contributed by atoms with Gasteiger partial charge in [0.25, 0.3) is 0 Å². The number of rotatable bonds is 5. The van der Waals surface area contributed by atoms with Crippen LogP contribution < -0.4 is 4.74 Å². The van der Waals surface area contributed by atoms with Crippen molar-refractivity contribution in [2.24, 2.45) is 5.92 Å². The van der Waals surface area contributed by atoms with Crippen LogP contribution >= 0.6 is 0 Å². The van der Waals surface area contributed by atoms with Crippen molar-refractivity contribution in [2.45, 2.75) is 26.2 Å². The van der Waals surface area contributed by atoms with Crippen LogP contribution in [0.4, 0.5) is 0 Å². The van der Waals surface area contributed by atoms with Gasteiger partial charge in [-0.2, -0.15) is 5.26 Å². The lowest BCUT2D eigenvalue weighted by atomic mass is 9.96. The van der Waals surface area contributed by atoms with Gasteiger partial charge in [-0.15, -0.1) is 0 Å². The number of benzene rings is 1. The molecule has 1 aliphatic heterocycles. The highest BCUT2D eigenvalue weighted by Gasteiger charge is 2.31. The van der Waals surface area contributed by atoms with Crippen molar-refractivity contribution in [3.05, 3.63) is 29.8 Å². The molecule has 2 rings (SSSR count). The third-order valence-electron chi connectivity index (χ3n) is 3.76. The van der Waals surface area contributed by atoms with Crippen LogP contribution in [-0.2, 0) is 4.79 Å². The molecule has 0 saturated carbocycles. The fourth-order valence-corrected chi connectivity index (χ4v) is 2.57. The van der Waals surface area contributed by atoms with E-state index in [2.05, 4.69) is 0 Å². The van der Waals surface area contributed by atoms with Gasteiger partial charge in [-0.05, 0) is 50.5 Å². The molecular weight excluding hydrogens is 280 g/mol. The Kier molecular flexibility index (Phi) is 5.54. The number of ketones is 1. The van der Waals surface area contributed by atoms with Gasteiger partial charge in [0.15, 0.2) is 11.7 Å². The van der Waals surface area contributed by atoms with E-state index in [1.165, 1.54) is 0 Å². The molecule has 0 bridgehead atoms. The Bertz CT molecular complexity index is 569. The minimum atomic E-state index is -1.25. The van der Waals surface area contributed by atoms with E-state index in [-0.39, 0.29) is 5.91 Å². The highest BCUT2D eigenvalue weighted by atomic mass is 16.5. The fraction of sp³-hybridized carbons (Fsp3) is 0.471. The Morgan fingerprint density at radius 3 is 2.41 bits per heavy atom. The van der Waals surface area contributed by atoms with Gasteiger partial charge in [0, 0.05) is 18.7 Å². The zero-order chi connectivity index (χ0) is 15.9. The number of carbonyl (C=O) groups is 2. The fourth-order valence-electron chi connectivity index (χ4n) is 2.57. The Balaban J connectivity index is 2.10. The number of amides is 1. The number of hydrogen-bond acceptors (Lipinski definition) is 4. The van der Waals surface area contributed by atoms with Crippen molar-refractivity contribution >= 4 is 11.7 Å². The van der Waals surface area contributed by atoms with Crippen molar-refractivity contribution < 1.29 is 14.3 Å². The number of hydrogen-bond donors (Lipinski definition) is 0. The van der Waals surface area contributed by atoms with E-state index >= 15 is 0 Å². The first-order chi connectivity index (χ1) is 10.7. The summed E-state index contributed by atoms with van der Waals surface area (Å²) in [6.45, 7) is 3.69. The zero-order valence-corrected chi connectivity index (χ0v) is 12.7. The summed E-state index contributed by atoms with van der Waals surface area (Å²) in [6.07, 6.45) is 2.95. The molecule has 1 aromatic rings. The Labute approximate surface area is 130 Å². The van der Waals surface area contributed by atoms with E-state index in [1.54, 1.807) is 29.2 Å². The molecule has 0 spiro atoms. The molecule has 1 aliphatic rings. The molecule has 0 N–H and O–H groups in total. The lowest BCUT2D eigenvalue weighted by Gasteiger charge is -2.28. The van der Waals surface area contributed by atoms with Gasteiger partial charge < -0.3 is 9.64 Å². The minimum Gasteiger partial charge on any atom is -0.494 e. The molecule has 5 heteroatoms. The van der Waals surface area contributed by atoms with Gasteiger partial charge in [0.2, 0.25) is 5.91 Å². The summed E-state index contributed by atoms with van der Waals surface area (Å²) in [5.41, 5.74) is 0.361. The predicted octanol–water partition coefficient (Wildman–Crippen LogP) is 2.42. The first-order valence-electron chi connectivity index (χ1n) is 7.63. The van der Waals surface area contributed by atoms with Crippen molar-refractivity contribution in [3.8, 4) is 11.8 Å².